The second-order valence-corrected chi connectivity index (χ2v) is 5.25. The lowest BCUT2D eigenvalue weighted by Gasteiger charge is -2.12. The molecule has 0 aliphatic heterocycles. The molecule has 3 N–H and O–H groups in total. The van der Waals surface area contributed by atoms with Crippen molar-refractivity contribution in [3.8, 4) is 11.5 Å². The minimum atomic E-state index is -0.286. The van der Waals surface area contributed by atoms with E-state index in [-0.39, 0.29) is 17.7 Å². The first-order chi connectivity index (χ1) is 12.1. The van der Waals surface area contributed by atoms with Gasteiger partial charge in [-0.2, -0.15) is 9.97 Å². The summed E-state index contributed by atoms with van der Waals surface area (Å²) in [7, 11) is 3.07. The van der Waals surface area contributed by atoms with Gasteiger partial charge in [0.15, 0.2) is 11.5 Å². The van der Waals surface area contributed by atoms with Gasteiger partial charge < -0.3 is 25.1 Å². The van der Waals surface area contributed by atoms with Crippen LogP contribution in [0.4, 0.5) is 11.5 Å². The Morgan fingerprint density at radius 3 is 2.88 bits per heavy atom. The second-order valence-electron chi connectivity index (χ2n) is 4.91. The van der Waals surface area contributed by atoms with Crippen molar-refractivity contribution in [1.82, 2.24) is 19.9 Å². The molecule has 10 heteroatoms. The lowest BCUT2D eigenvalue weighted by molar-refractivity contribution is -0.114. The third kappa shape index (κ3) is 3.72. The number of methoxy groups -OCH3 is 2. The standard InChI is InChI=1S/C15H15ClN6O3/c1-24-8-3-4-9(10(5-8)25-2)20-11(23)6-17-13-12-14(19-7-18-12)22-15(16)21-13/h3-5,7H,6H2,1-2H3,(H,20,23)(H2,17,18,19,21,22). The summed E-state index contributed by atoms with van der Waals surface area (Å²) in [4.78, 5) is 27.1. The van der Waals surface area contributed by atoms with Crippen molar-refractivity contribution in [2.45, 2.75) is 0 Å². The topological polar surface area (TPSA) is 114 Å². The molecular formula is C15H15ClN6O3. The first-order valence-corrected chi connectivity index (χ1v) is 7.61. The molecule has 9 nitrogen and oxygen atoms in total. The number of amides is 1. The first-order valence-electron chi connectivity index (χ1n) is 7.23. The van der Waals surface area contributed by atoms with E-state index in [9.17, 15) is 4.79 Å². The van der Waals surface area contributed by atoms with Crippen molar-refractivity contribution in [2.24, 2.45) is 0 Å². The number of aromatic amines is 1. The Labute approximate surface area is 147 Å². The maximum atomic E-state index is 12.2. The lowest BCUT2D eigenvalue weighted by atomic mass is 10.2. The van der Waals surface area contributed by atoms with Gasteiger partial charge in [-0.05, 0) is 23.7 Å². The number of fused-ring (bicyclic) bond motifs is 1. The van der Waals surface area contributed by atoms with Gasteiger partial charge in [0.2, 0.25) is 11.2 Å². The van der Waals surface area contributed by atoms with E-state index in [4.69, 9.17) is 21.1 Å². The summed E-state index contributed by atoms with van der Waals surface area (Å²) >= 11 is 5.85. The van der Waals surface area contributed by atoms with Crippen molar-refractivity contribution >= 4 is 40.2 Å². The van der Waals surface area contributed by atoms with Crippen LogP contribution in [-0.2, 0) is 4.79 Å². The Kier molecular flexibility index (Phi) is 4.85. The van der Waals surface area contributed by atoms with Crippen LogP contribution in [0.5, 0.6) is 11.5 Å². The number of nitrogens with one attached hydrogen (secondary N) is 3. The first kappa shape index (κ1) is 16.8. The Hall–Kier alpha value is -3.07. The van der Waals surface area contributed by atoms with Crippen LogP contribution in [0.15, 0.2) is 24.5 Å². The average Bonchev–Trinajstić information content (AvgIpc) is 3.08. The van der Waals surface area contributed by atoms with Gasteiger partial charge >= 0.3 is 0 Å². The van der Waals surface area contributed by atoms with Crippen LogP contribution in [0.25, 0.3) is 11.2 Å². The highest BCUT2D eigenvalue weighted by atomic mass is 35.5. The molecule has 1 amide bonds. The van der Waals surface area contributed by atoms with E-state index in [0.29, 0.717) is 34.2 Å². The van der Waals surface area contributed by atoms with E-state index < -0.39 is 0 Å². The molecule has 1 aromatic carbocycles. The van der Waals surface area contributed by atoms with E-state index >= 15 is 0 Å². The summed E-state index contributed by atoms with van der Waals surface area (Å²) < 4.78 is 10.4. The lowest BCUT2D eigenvalue weighted by Crippen LogP contribution is -2.22. The zero-order valence-corrected chi connectivity index (χ0v) is 14.2. The van der Waals surface area contributed by atoms with Crippen molar-refractivity contribution in [2.75, 3.05) is 31.4 Å². The van der Waals surface area contributed by atoms with Gasteiger partial charge in [-0.15, -0.1) is 0 Å². The quantitative estimate of drug-likeness (QED) is 0.575. The van der Waals surface area contributed by atoms with Crippen molar-refractivity contribution in [1.29, 1.82) is 0 Å². The van der Waals surface area contributed by atoms with Gasteiger partial charge in [0, 0.05) is 6.07 Å². The van der Waals surface area contributed by atoms with E-state index in [2.05, 4.69) is 30.6 Å². The van der Waals surface area contributed by atoms with Crippen LogP contribution in [0.2, 0.25) is 5.28 Å². The smallest absolute Gasteiger partial charge is 0.243 e. The van der Waals surface area contributed by atoms with Crippen LogP contribution in [0.3, 0.4) is 0 Å². The van der Waals surface area contributed by atoms with Crippen LogP contribution < -0.4 is 20.1 Å². The molecule has 0 radical (unpaired) electrons. The Morgan fingerprint density at radius 1 is 1.28 bits per heavy atom. The molecule has 25 heavy (non-hydrogen) atoms. The summed E-state index contributed by atoms with van der Waals surface area (Å²) in [5.74, 6) is 1.23. The van der Waals surface area contributed by atoms with Gasteiger partial charge in [-0.3, -0.25) is 4.79 Å². The fourth-order valence-corrected chi connectivity index (χ4v) is 2.36. The molecule has 0 atom stereocenters. The third-order valence-electron chi connectivity index (χ3n) is 3.36. The molecule has 0 bridgehead atoms. The second kappa shape index (κ2) is 7.22. The van der Waals surface area contributed by atoms with Crippen molar-refractivity contribution < 1.29 is 14.3 Å². The molecule has 0 aliphatic rings. The zero-order valence-electron chi connectivity index (χ0n) is 13.5. The number of hydrogen-bond donors (Lipinski definition) is 3. The van der Waals surface area contributed by atoms with Crippen LogP contribution in [0.1, 0.15) is 0 Å². The van der Waals surface area contributed by atoms with Crippen LogP contribution in [-0.4, -0.2) is 46.6 Å². The van der Waals surface area contributed by atoms with E-state index in [1.165, 1.54) is 13.4 Å². The SMILES string of the molecule is COc1ccc(NC(=O)CNc2nc(Cl)nc3nc[nH]c23)c(OC)c1. The molecule has 3 rings (SSSR count). The number of aromatic nitrogens is 4. The minimum absolute atomic E-state index is 0.0311. The van der Waals surface area contributed by atoms with Gasteiger partial charge in [-0.1, -0.05) is 0 Å². The van der Waals surface area contributed by atoms with Crippen LogP contribution in [0, 0.1) is 0 Å². The molecular weight excluding hydrogens is 348 g/mol. The fraction of sp³-hybridized carbons (Fsp3) is 0.200. The van der Waals surface area contributed by atoms with Crippen LogP contribution >= 0.6 is 11.6 Å². The van der Waals surface area contributed by atoms with Crippen molar-refractivity contribution in [3.05, 3.63) is 29.8 Å². The maximum absolute atomic E-state index is 12.2. The van der Waals surface area contributed by atoms with Gasteiger partial charge in [0.25, 0.3) is 0 Å². The van der Waals surface area contributed by atoms with Gasteiger partial charge in [0.1, 0.15) is 17.0 Å². The summed E-state index contributed by atoms with van der Waals surface area (Å²) in [5.41, 5.74) is 1.52. The molecule has 0 unspecified atom stereocenters. The Bertz CT molecular complexity index is 913. The molecule has 0 saturated heterocycles. The summed E-state index contributed by atoms with van der Waals surface area (Å²) in [6.45, 7) is -0.0311. The highest BCUT2D eigenvalue weighted by Crippen LogP contribution is 2.29. The minimum Gasteiger partial charge on any atom is -0.497 e. The number of ether oxygens (including phenoxy) is 2. The fourth-order valence-electron chi connectivity index (χ4n) is 2.19. The monoisotopic (exact) mass is 362 g/mol. The normalized spacial score (nSPS) is 10.5. The summed E-state index contributed by atoms with van der Waals surface area (Å²) in [6.07, 6.45) is 1.48. The predicted molar refractivity (Wildman–Crippen MR) is 93.4 cm³/mol. The average molecular weight is 363 g/mol. The number of nitrogens with zero attached hydrogens (tertiary/aromatic N) is 3. The molecule has 0 fully saturated rings. The maximum Gasteiger partial charge on any atom is 0.243 e. The molecule has 0 saturated carbocycles. The number of carbonyl (C=O) groups excluding carboxylic acids is 1. The van der Waals surface area contributed by atoms with Gasteiger partial charge in [-0.25, -0.2) is 4.98 Å². The van der Waals surface area contributed by atoms with E-state index in [1.54, 1.807) is 25.3 Å². The molecule has 0 spiro atoms. The van der Waals surface area contributed by atoms with Gasteiger partial charge in [0.05, 0.1) is 32.8 Å². The van der Waals surface area contributed by atoms with E-state index in [1.807, 2.05) is 0 Å². The number of imidazole rings is 1. The Balaban J connectivity index is 1.70. The molecule has 130 valence electrons. The predicted octanol–water partition coefficient (Wildman–Crippen LogP) is 2.07. The number of rotatable bonds is 6. The number of halogens is 1. The summed E-state index contributed by atoms with van der Waals surface area (Å²) in [6, 6.07) is 5.11. The Morgan fingerprint density at radius 2 is 2.12 bits per heavy atom. The van der Waals surface area contributed by atoms with Crippen molar-refractivity contribution in [3.63, 3.8) is 0 Å². The summed E-state index contributed by atoms with van der Waals surface area (Å²) in [5, 5.41) is 5.71. The largest absolute Gasteiger partial charge is 0.497 e. The number of benzene rings is 1. The number of carbonyl (C=O) groups is 1. The molecule has 3 aromatic rings. The number of anilines is 2. The molecule has 2 heterocycles. The zero-order chi connectivity index (χ0) is 17.8. The number of hydrogen-bond acceptors (Lipinski definition) is 7. The highest BCUT2D eigenvalue weighted by molar-refractivity contribution is 6.28. The van der Waals surface area contributed by atoms with E-state index in [0.717, 1.165) is 0 Å². The third-order valence-corrected chi connectivity index (χ3v) is 3.53. The molecule has 0 aliphatic carbocycles. The molecule has 2 aromatic heterocycles. The number of H-pyrrole nitrogens is 1. The highest BCUT2D eigenvalue weighted by Gasteiger charge is 2.12.